The van der Waals surface area contributed by atoms with E-state index in [1.165, 1.54) is 6.07 Å². The van der Waals surface area contributed by atoms with Crippen LogP contribution in [0.3, 0.4) is 0 Å². The van der Waals surface area contributed by atoms with Crippen LogP contribution in [0.25, 0.3) is 0 Å². The van der Waals surface area contributed by atoms with Gasteiger partial charge in [0.1, 0.15) is 5.75 Å². The third-order valence-corrected chi connectivity index (χ3v) is 3.21. The fraction of sp³-hybridized carbons (Fsp3) is 0.467. The molecule has 20 heavy (non-hydrogen) atoms. The Kier molecular flexibility index (Phi) is 6.03. The summed E-state index contributed by atoms with van der Waals surface area (Å²) in [6.07, 6.45) is 1.12. The minimum absolute atomic E-state index is 0.0766. The molecule has 0 aromatic heterocycles. The van der Waals surface area contributed by atoms with Crippen LogP contribution in [0.5, 0.6) is 5.75 Å². The molecule has 0 aliphatic carbocycles. The summed E-state index contributed by atoms with van der Waals surface area (Å²) < 4.78 is 0. The molecule has 0 radical (unpaired) electrons. The summed E-state index contributed by atoms with van der Waals surface area (Å²) in [5.74, 6) is -0.269. The fourth-order valence-corrected chi connectivity index (χ4v) is 1.70. The van der Waals surface area contributed by atoms with Crippen molar-refractivity contribution in [2.24, 2.45) is 0 Å². The molecular weight excluding hydrogens is 256 g/mol. The molecule has 0 heterocycles. The van der Waals surface area contributed by atoms with Gasteiger partial charge < -0.3 is 15.7 Å². The maximum Gasteiger partial charge on any atom is 0.251 e. The zero-order valence-electron chi connectivity index (χ0n) is 12.2. The molecule has 0 saturated heterocycles. The predicted molar refractivity (Wildman–Crippen MR) is 77.7 cm³/mol. The molecule has 1 aromatic carbocycles. The lowest BCUT2D eigenvalue weighted by Gasteiger charge is -2.12. The summed E-state index contributed by atoms with van der Waals surface area (Å²) in [5, 5.41) is 15.1. The molecule has 3 N–H and O–H groups in total. The molecule has 0 aliphatic rings. The Morgan fingerprint density at radius 3 is 2.70 bits per heavy atom. The van der Waals surface area contributed by atoms with E-state index in [4.69, 9.17) is 0 Å². The third kappa shape index (κ3) is 4.57. The summed E-state index contributed by atoms with van der Waals surface area (Å²) in [6.45, 7) is 5.89. The van der Waals surface area contributed by atoms with E-state index in [2.05, 4.69) is 10.6 Å². The molecule has 0 spiro atoms. The number of hydrogen-bond donors (Lipinski definition) is 3. The molecule has 1 unspecified atom stereocenters. The molecule has 1 aromatic rings. The van der Waals surface area contributed by atoms with Gasteiger partial charge in [-0.1, -0.05) is 13.0 Å². The van der Waals surface area contributed by atoms with Gasteiger partial charge in [-0.15, -0.1) is 0 Å². The van der Waals surface area contributed by atoms with E-state index in [0.29, 0.717) is 11.1 Å². The Morgan fingerprint density at radius 2 is 2.05 bits per heavy atom. The van der Waals surface area contributed by atoms with Gasteiger partial charge in [-0.2, -0.15) is 0 Å². The van der Waals surface area contributed by atoms with E-state index in [-0.39, 0.29) is 36.6 Å². The lowest BCUT2D eigenvalue weighted by molar-refractivity contribution is -0.121. The van der Waals surface area contributed by atoms with E-state index >= 15 is 0 Å². The highest BCUT2D eigenvalue weighted by molar-refractivity contribution is 5.96. The second kappa shape index (κ2) is 7.53. The lowest BCUT2D eigenvalue weighted by Crippen LogP contribution is -2.35. The lowest BCUT2D eigenvalue weighted by atomic mass is 10.1. The molecule has 0 fully saturated rings. The van der Waals surface area contributed by atoms with Crippen molar-refractivity contribution in [3.63, 3.8) is 0 Å². The van der Waals surface area contributed by atoms with Gasteiger partial charge in [-0.25, -0.2) is 0 Å². The molecule has 0 bridgehead atoms. The van der Waals surface area contributed by atoms with Gasteiger partial charge in [0.05, 0.1) is 0 Å². The van der Waals surface area contributed by atoms with Crippen molar-refractivity contribution in [3.05, 3.63) is 29.3 Å². The van der Waals surface area contributed by atoms with Crippen molar-refractivity contribution in [1.29, 1.82) is 0 Å². The molecule has 5 heteroatoms. The summed E-state index contributed by atoms with van der Waals surface area (Å²) in [5.41, 5.74) is 0.960. The van der Waals surface area contributed by atoms with Crippen molar-refractivity contribution in [2.75, 3.05) is 6.54 Å². The number of phenols is 1. The van der Waals surface area contributed by atoms with Crippen LogP contribution in [-0.2, 0) is 4.79 Å². The monoisotopic (exact) mass is 278 g/mol. The number of benzene rings is 1. The molecule has 5 nitrogen and oxygen atoms in total. The first-order valence-electron chi connectivity index (χ1n) is 6.81. The largest absolute Gasteiger partial charge is 0.508 e. The van der Waals surface area contributed by atoms with Gasteiger partial charge >= 0.3 is 0 Å². The average Bonchev–Trinajstić information content (AvgIpc) is 2.41. The highest BCUT2D eigenvalue weighted by Gasteiger charge is 2.11. The van der Waals surface area contributed by atoms with Crippen LogP contribution in [0.1, 0.15) is 42.6 Å². The van der Waals surface area contributed by atoms with E-state index in [1.54, 1.807) is 19.1 Å². The number of nitrogens with one attached hydrogen (secondary N) is 2. The zero-order valence-corrected chi connectivity index (χ0v) is 12.2. The van der Waals surface area contributed by atoms with E-state index in [0.717, 1.165) is 6.42 Å². The maximum atomic E-state index is 11.9. The molecule has 1 atom stereocenters. The predicted octanol–water partition coefficient (Wildman–Crippen LogP) is 1.74. The van der Waals surface area contributed by atoms with Crippen molar-refractivity contribution >= 4 is 11.8 Å². The third-order valence-electron chi connectivity index (χ3n) is 3.21. The second-order valence-electron chi connectivity index (χ2n) is 4.83. The Balaban J connectivity index is 2.44. The van der Waals surface area contributed by atoms with Gasteiger partial charge in [-0.05, 0) is 32.4 Å². The first-order valence-corrected chi connectivity index (χ1v) is 6.81. The van der Waals surface area contributed by atoms with Gasteiger partial charge in [0, 0.05) is 30.1 Å². The van der Waals surface area contributed by atoms with Crippen LogP contribution in [-0.4, -0.2) is 29.5 Å². The Morgan fingerprint density at radius 1 is 1.35 bits per heavy atom. The highest BCUT2D eigenvalue weighted by atomic mass is 16.3. The van der Waals surface area contributed by atoms with Gasteiger partial charge in [0.15, 0.2) is 0 Å². The first kappa shape index (κ1) is 16.0. The standard InChI is InChI=1S/C15H22N2O3/c1-4-10(2)17-14(19)8-9-16-15(20)12-6-5-7-13(18)11(12)3/h5-7,10,18H,4,8-9H2,1-3H3,(H,16,20)(H,17,19). The Labute approximate surface area is 119 Å². The maximum absolute atomic E-state index is 11.9. The molecular formula is C15H22N2O3. The van der Waals surface area contributed by atoms with Gasteiger partial charge in [-0.3, -0.25) is 9.59 Å². The minimum atomic E-state index is -0.283. The van der Waals surface area contributed by atoms with Crippen LogP contribution in [0, 0.1) is 6.92 Å². The van der Waals surface area contributed by atoms with Crippen LogP contribution in [0.15, 0.2) is 18.2 Å². The number of carbonyl (C=O) groups excluding carboxylic acids is 2. The molecule has 1 rings (SSSR count). The normalized spacial score (nSPS) is 11.8. The van der Waals surface area contributed by atoms with Crippen LogP contribution < -0.4 is 10.6 Å². The first-order chi connectivity index (χ1) is 9.45. The Hall–Kier alpha value is -2.04. The van der Waals surface area contributed by atoms with Crippen LogP contribution in [0.4, 0.5) is 0 Å². The summed E-state index contributed by atoms with van der Waals surface area (Å²) in [4.78, 5) is 23.5. The number of aromatic hydroxyl groups is 1. The number of hydrogen-bond acceptors (Lipinski definition) is 3. The number of phenolic OH excluding ortho intramolecular Hbond substituents is 1. The SMILES string of the molecule is CCC(C)NC(=O)CCNC(=O)c1cccc(O)c1C. The number of carbonyl (C=O) groups is 2. The number of amides is 2. The van der Waals surface area contributed by atoms with Gasteiger partial charge in [0.2, 0.25) is 5.91 Å². The van der Waals surface area contributed by atoms with Crippen LogP contribution >= 0.6 is 0 Å². The van der Waals surface area contributed by atoms with E-state index < -0.39 is 0 Å². The average molecular weight is 278 g/mol. The Bertz CT molecular complexity index is 486. The van der Waals surface area contributed by atoms with E-state index in [9.17, 15) is 14.7 Å². The van der Waals surface area contributed by atoms with Crippen LogP contribution in [0.2, 0.25) is 0 Å². The summed E-state index contributed by atoms with van der Waals surface area (Å²) in [7, 11) is 0. The fourth-order valence-electron chi connectivity index (χ4n) is 1.70. The van der Waals surface area contributed by atoms with Crippen molar-refractivity contribution in [3.8, 4) is 5.75 Å². The summed E-state index contributed by atoms with van der Waals surface area (Å²) in [6, 6.07) is 4.94. The number of rotatable bonds is 6. The minimum Gasteiger partial charge on any atom is -0.508 e. The zero-order chi connectivity index (χ0) is 15.1. The van der Waals surface area contributed by atoms with E-state index in [1.807, 2.05) is 13.8 Å². The van der Waals surface area contributed by atoms with Crippen molar-refractivity contribution < 1.29 is 14.7 Å². The van der Waals surface area contributed by atoms with Crippen molar-refractivity contribution in [2.45, 2.75) is 39.7 Å². The molecule has 2 amide bonds. The molecule has 0 saturated carbocycles. The second-order valence-corrected chi connectivity index (χ2v) is 4.83. The topological polar surface area (TPSA) is 78.4 Å². The highest BCUT2D eigenvalue weighted by Crippen LogP contribution is 2.19. The smallest absolute Gasteiger partial charge is 0.251 e. The molecule has 0 aliphatic heterocycles. The molecule has 110 valence electrons. The summed E-state index contributed by atoms with van der Waals surface area (Å²) >= 11 is 0. The van der Waals surface area contributed by atoms with Gasteiger partial charge in [0.25, 0.3) is 5.91 Å². The quantitative estimate of drug-likeness (QED) is 0.741. The van der Waals surface area contributed by atoms with Crippen molar-refractivity contribution in [1.82, 2.24) is 10.6 Å².